The van der Waals surface area contributed by atoms with Gasteiger partial charge in [-0.05, 0) is 67.2 Å². The van der Waals surface area contributed by atoms with Crippen molar-refractivity contribution in [1.82, 2.24) is 0 Å². The van der Waals surface area contributed by atoms with Crippen LogP contribution in [0.4, 0.5) is 0 Å². The van der Waals surface area contributed by atoms with Crippen LogP contribution in [0, 0.1) is 0 Å². The summed E-state index contributed by atoms with van der Waals surface area (Å²) < 4.78 is 5.81. The molecule has 3 radical (unpaired) electrons. The summed E-state index contributed by atoms with van der Waals surface area (Å²) in [6.45, 7) is 0.457. The van der Waals surface area contributed by atoms with E-state index in [1.165, 1.54) is 49.0 Å². The summed E-state index contributed by atoms with van der Waals surface area (Å²) in [4.78, 5) is 0. The monoisotopic (exact) mass is 451 g/mol. The Bertz CT molecular complexity index is 1440. The molecule has 0 unspecified atom stereocenters. The molecule has 0 N–H and O–H groups in total. The lowest BCUT2D eigenvalue weighted by molar-refractivity contribution is 0.289. The van der Waals surface area contributed by atoms with E-state index in [2.05, 4.69) is 138 Å². The number of hydrogen-bond donors (Lipinski definition) is 0. The van der Waals surface area contributed by atoms with Gasteiger partial charge in [0.1, 0.15) is 0 Å². The topological polar surface area (TPSA) is 9.23 Å². The normalized spacial score (nSPS) is 11.9. The van der Waals surface area contributed by atoms with Crippen molar-refractivity contribution in [3.8, 4) is 0 Å². The molecule has 0 aliphatic rings. The minimum atomic E-state index is -0.500. The largest absolute Gasteiger partial charge is 0.417 e. The third kappa shape index (κ3) is 3.43. The van der Waals surface area contributed by atoms with Gasteiger partial charge in [0.15, 0.2) is 0 Å². The van der Waals surface area contributed by atoms with Crippen LogP contribution in [0.1, 0.15) is 16.7 Å². The summed E-state index contributed by atoms with van der Waals surface area (Å²) in [5, 5.41) is 7.36. The molecule has 0 saturated carbocycles. The summed E-state index contributed by atoms with van der Waals surface area (Å²) in [5.41, 5.74) is 3.11. The highest BCUT2D eigenvalue weighted by atomic mass is 28.2. The molecule has 6 rings (SSSR count). The third-order valence-electron chi connectivity index (χ3n) is 7.02. The first kappa shape index (κ1) is 20.9. The van der Waals surface area contributed by atoms with Crippen LogP contribution in [-0.2, 0) is 9.84 Å². The first-order valence-electron chi connectivity index (χ1n) is 11.5. The molecule has 0 saturated heterocycles. The van der Waals surface area contributed by atoms with Crippen LogP contribution in [0.5, 0.6) is 0 Å². The fourth-order valence-corrected chi connectivity index (χ4v) is 5.44. The molecule has 0 atom stereocenters. The van der Waals surface area contributed by atoms with Gasteiger partial charge in [-0.15, -0.1) is 0 Å². The van der Waals surface area contributed by atoms with Gasteiger partial charge in [0.25, 0.3) is 0 Å². The fraction of sp³-hybridized carbons (Fsp3) is 0.0625. The van der Waals surface area contributed by atoms with Crippen LogP contribution in [0.3, 0.4) is 0 Å². The van der Waals surface area contributed by atoms with Crippen molar-refractivity contribution in [3.63, 3.8) is 0 Å². The molecule has 2 heteroatoms. The SMILES string of the molecule is [Si]OCC(c1ccc2ccccc2c1)(c1ccc2ccccc2c1)c1ccc2ccccc2c1. The minimum absolute atomic E-state index is 0.457. The van der Waals surface area contributed by atoms with E-state index in [1.807, 2.05) is 0 Å². The van der Waals surface area contributed by atoms with Gasteiger partial charge in [-0.1, -0.05) is 109 Å². The van der Waals surface area contributed by atoms with E-state index in [9.17, 15) is 0 Å². The predicted molar refractivity (Wildman–Crippen MR) is 143 cm³/mol. The van der Waals surface area contributed by atoms with Gasteiger partial charge in [0, 0.05) is 0 Å². The van der Waals surface area contributed by atoms with Crippen molar-refractivity contribution >= 4 is 42.8 Å². The van der Waals surface area contributed by atoms with E-state index in [0.717, 1.165) is 0 Å². The fourth-order valence-electron chi connectivity index (χ4n) is 5.22. The zero-order valence-corrected chi connectivity index (χ0v) is 19.7. The molecule has 34 heavy (non-hydrogen) atoms. The molecule has 0 aliphatic heterocycles. The van der Waals surface area contributed by atoms with Crippen molar-refractivity contribution in [1.29, 1.82) is 0 Å². The highest BCUT2D eigenvalue weighted by molar-refractivity contribution is 5.98. The molecule has 161 valence electrons. The summed E-state index contributed by atoms with van der Waals surface area (Å²) in [7, 11) is 3.38. The molecule has 0 bridgehead atoms. The second-order valence-electron chi connectivity index (χ2n) is 8.88. The predicted octanol–water partition coefficient (Wildman–Crippen LogP) is 7.58. The summed E-state index contributed by atoms with van der Waals surface area (Å²) in [5.74, 6) is 0. The van der Waals surface area contributed by atoms with Crippen molar-refractivity contribution in [2.24, 2.45) is 0 Å². The summed E-state index contributed by atoms with van der Waals surface area (Å²) in [6.07, 6.45) is 0. The highest BCUT2D eigenvalue weighted by Crippen LogP contribution is 2.42. The molecule has 6 aromatic carbocycles. The Balaban J connectivity index is 1.69. The van der Waals surface area contributed by atoms with Crippen molar-refractivity contribution in [2.75, 3.05) is 6.61 Å². The Kier molecular flexibility index (Phi) is 5.25. The Hall–Kier alpha value is -3.72. The van der Waals surface area contributed by atoms with Gasteiger partial charge in [-0.25, -0.2) is 0 Å². The molecule has 6 aromatic rings. The van der Waals surface area contributed by atoms with Gasteiger partial charge in [0.05, 0.1) is 12.0 Å². The van der Waals surface area contributed by atoms with Crippen LogP contribution in [0.2, 0.25) is 0 Å². The standard InChI is InChI=1S/C32H23OSi/c34-33-22-32(29-16-13-23-7-1-4-10-26(23)19-29,30-17-14-24-8-2-5-11-27(24)20-30)31-18-15-25-9-3-6-12-28(25)21-31/h1-21H,22H2. The van der Waals surface area contributed by atoms with Crippen LogP contribution in [0.25, 0.3) is 32.3 Å². The van der Waals surface area contributed by atoms with Crippen molar-refractivity contribution in [2.45, 2.75) is 5.41 Å². The molecule has 0 heterocycles. The van der Waals surface area contributed by atoms with Gasteiger partial charge in [-0.3, -0.25) is 0 Å². The Morgan fingerprint density at radius 2 is 0.765 bits per heavy atom. The lowest BCUT2D eigenvalue weighted by atomic mass is 9.69. The van der Waals surface area contributed by atoms with E-state index < -0.39 is 5.41 Å². The Morgan fingerprint density at radius 3 is 1.09 bits per heavy atom. The van der Waals surface area contributed by atoms with E-state index >= 15 is 0 Å². The van der Waals surface area contributed by atoms with Gasteiger partial charge in [0.2, 0.25) is 10.5 Å². The maximum absolute atomic E-state index is 5.81. The Labute approximate surface area is 203 Å². The molecular weight excluding hydrogens is 428 g/mol. The van der Waals surface area contributed by atoms with Crippen molar-refractivity contribution in [3.05, 3.63) is 144 Å². The first-order valence-corrected chi connectivity index (χ1v) is 12.0. The van der Waals surface area contributed by atoms with E-state index in [-0.39, 0.29) is 0 Å². The van der Waals surface area contributed by atoms with E-state index in [4.69, 9.17) is 4.43 Å². The second kappa shape index (κ2) is 8.57. The Morgan fingerprint density at radius 1 is 0.441 bits per heavy atom. The lowest BCUT2D eigenvalue weighted by Gasteiger charge is -2.36. The maximum atomic E-state index is 5.81. The number of hydrogen-bond acceptors (Lipinski definition) is 1. The smallest absolute Gasteiger partial charge is 0.246 e. The number of rotatable bonds is 5. The molecule has 0 aliphatic carbocycles. The summed E-state index contributed by atoms with van der Waals surface area (Å²) in [6, 6.07) is 45.9. The molecule has 0 fully saturated rings. The average molecular weight is 452 g/mol. The zero-order valence-electron chi connectivity index (χ0n) is 18.7. The maximum Gasteiger partial charge on any atom is 0.246 e. The highest BCUT2D eigenvalue weighted by Gasteiger charge is 2.37. The average Bonchev–Trinajstić information content (AvgIpc) is 2.91. The molecule has 0 amide bonds. The van der Waals surface area contributed by atoms with E-state index in [0.29, 0.717) is 6.61 Å². The molecular formula is C32H23OSi. The van der Waals surface area contributed by atoms with Gasteiger partial charge < -0.3 is 4.43 Å². The van der Waals surface area contributed by atoms with Crippen LogP contribution in [0.15, 0.2) is 127 Å². The quantitative estimate of drug-likeness (QED) is 0.194. The minimum Gasteiger partial charge on any atom is -0.417 e. The van der Waals surface area contributed by atoms with Crippen LogP contribution >= 0.6 is 0 Å². The van der Waals surface area contributed by atoms with Crippen LogP contribution < -0.4 is 0 Å². The summed E-state index contributed by atoms with van der Waals surface area (Å²) >= 11 is 0. The van der Waals surface area contributed by atoms with Gasteiger partial charge >= 0.3 is 0 Å². The molecule has 0 spiro atoms. The van der Waals surface area contributed by atoms with E-state index in [1.54, 1.807) is 0 Å². The van der Waals surface area contributed by atoms with Crippen LogP contribution in [-0.4, -0.2) is 17.1 Å². The lowest BCUT2D eigenvalue weighted by Crippen LogP contribution is -2.34. The molecule has 1 nitrogen and oxygen atoms in total. The zero-order chi connectivity index (χ0) is 23.0. The van der Waals surface area contributed by atoms with Crippen molar-refractivity contribution < 1.29 is 4.43 Å². The molecule has 0 aromatic heterocycles. The number of fused-ring (bicyclic) bond motifs is 3. The number of benzene rings is 6. The van der Waals surface area contributed by atoms with Gasteiger partial charge in [-0.2, -0.15) is 0 Å². The second-order valence-corrected chi connectivity index (χ2v) is 9.17. The first-order chi connectivity index (χ1) is 16.8. The third-order valence-corrected chi connectivity index (χ3v) is 7.16.